The maximum atomic E-state index is 6.07. The largest absolute Gasteiger partial charge is 0.461 e. The molecule has 0 saturated carbocycles. The van der Waals surface area contributed by atoms with Gasteiger partial charge in [0.15, 0.2) is 0 Å². The molecule has 3 rings (SSSR count). The van der Waals surface area contributed by atoms with Gasteiger partial charge in [0.25, 0.3) is 0 Å². The molecule has 0 fully saturated rings. The van der Waals surface area contributed by atoms with Gasteiger partial charge in [-0.1, -0.05) is 48.5 Å². The van der Waals surface area contributed by atoms with Crippen LogP contribution in [0.5, 0.6) is 0 Å². The molecule has 0 unspecified atom stereocenters. The number of hydrogen-bond donors (Lipinski definition) is 2. The number of hydrogen-bond acceptors (Lipinski definition) is 3. The van der Waals surface area contributed by atoms with E-state index < -0.39 is 0 Å². The average molecular weight is 403 g/mol. The first-order valence-electron chi connectivity index (χ1n) is 10.2. The van der Waals surface area contributed by atoms with E-state index in [1.807, 2.05) is 83.1 Å². The van der Waals surface area contributed by atoms with Gasteiger partial charge in [-0.25, -0.2) is 0 Å². The Morgan fingerprint density at radius 2 is 1.17 bits per heavy atom. The Morgan fingerprint density at radius 1 is 0.733 bits per heavy atom. The van der Waals surface area contributed by atoms with Crippen molar-refractivity contribution in [2.45, 2.75) is 46.7 Å². The van der Waals surface area contributed by atoms with Gasteiger partial charge in [0.05, 0.1) is 0 Å². The Bertz CT molecular complexity index is 1060. The molecule has 0 atom stereocenters. The first-order valence-corrected chi connectivity index (χ1v) is 10.2. The average Bonchev–Trinajstić information content (AvgIpc) is 3.09. The summed E-state index contributed by atoms with van der Waals surface area (Å²) in [5.74, 6) is 2.79. The molecule has 0 aliphatic heterocycles. The summed E-state index contributed by atoms with van der Waals surface area (Å²) >= 11 is 0. The fourth-order valence-corrected chi connectivity index (χ4v) is 3.24. The van der Waals surface area contributed by atoms with E-state index in [0.29, 0.717) is 11.7 Å². The molecule has 4 N–H and O–H groups in total. The monoisotopic (exact) mass is 402 g/mol. The quantitative estimate of drug-likeness (QED) is 0.441. The minimum absolute atomic E-state index is 0.165. The first-order chi connectivity index (χ1) is 14.2. The molecule has 5 heteroatoms. The molecule has 30 heavy (non-hydrogen) atoms. The Labute approximate surface area is 178 Å². The predicted molar refractivity (Wildman–Crippen MR) is 126 cm³/mol. The molecular weight excluding hydrogens is 372 g/mol. The van der Waals surface area contributed by atoms with Crippen molar-refractivity contribution < 1.29 is 4.42 Å². The minimum Gasteiger partial charge on any atom is -0.461 e. The van der Waals surface area contributed by atoms with Crippen LogP contribution in [0.25, 0.3) is 22.5 Å². The Kier molecular flexibility index (Phi) is 6.40. The molecule has 0 aliphatic carbocycles. The zero-order valence-electron chi connectivity index (χ0n) is 18.3. The van der Waals surface area contributed by atoms with Gasteiger partial charge in [-0.3, -0.25) is 9.98 Å². The lowest BCUT2D eigenvalue weighted by Crippen LogP contribution is -2.15. The van der Waals surface area contributed by atoms with E-state index in [-0.39, 0.29) is 12.1 Å². The van der Waals surface area contributed by atoms with Crippen molar-refractivity contribution in [3.05, 3.63) is 71.5 Å². The second-order valence-electron chi connectivity index (χ2n) is 7.95. The first kappa shape index (κ1) is 21.4. The van der Waals surface area contributed by atoms with Gasteiger partial charge in [0.2, 0.25) is 0 Å². The van der Waals surface area contributed by atoms with Gasteiger partial charge in [-0.15, -0.1) is 0 Å². The van der Waals surface area contributed by atoms with Crippen molar-refractivity contribution in [2.24, 2.45) is 21.5 Å². The van der Waals surface area contributed by atoms with Crippen molar-refractivity contribution in [2.75, 3.05) is 0 Å². The summed E-state index contributed by atoms with van der Waals surface area (Å²) < 4.78 is 6.04. The third-order valence-corrected chi connectivity index (χ3v) is 4.67. The number of nitrogens with zero attached hydrogens (tertiary/aromatic N) is 2. The third-order valence-electron chi connectivity index (χ3n) is 4.67. The number of aliphatic imine (C=N–C) groups is 2. The lowest BCUT2D eigenvalue weighted by atomic mass is 10.0. The van der Waals surface area contributed by atoms with Crippen LogP contribution in [0.2, 0.25) is 0 Å². The minimum atomic E-state index is 0.165. The smallest absolute Gasteiger partial charge is 0.134 e. The number of furan rings is 1. The molecule has 0 amide bonds. The molecule has 0 radical (unpaired) electrons. The number of amidine groups is 2. The molecule has 0 aliphatic rings. The molecule has 156 valence electrons. The molecule has 0 saturated heterocycles. The van der Waals surface area contributed by atoms with Gasteiger partial charge in [-0.05, 0) is 46.2 Å². The summed E-state index contributed by atoms with van der Waals surface area (Å²) in [6, 6.07) is 18.4. The lowest BCUT2D eigenvalue weighted by molar-refractivity contribution is 0.549. The van der Waals surface area contributed by atoms with Crippen LogP contribution in [0.1, 0.15) is 44.6 Å². The van der Waals surface area contributed by atoms with Crippen LogP contribution in [0.15, 0.2) is 69.0 Å². The standard InChI is InChI=1S/C25H30N4O/c1-15(2)28-24(26)20-10-6-18(7-11-20)22-14-23(30-17(22)5)19-8-12-21(13-9-19)25(27)29-16(3)4/h6-16H,1-5H3,(H2,26,28)(H2,27,29). The molecule has 2 aromatic carbocycles. The van der Waals surface area contributed by atoms with E-state index in [9.17, 15) is 0 Å². The van der Waals surface area contributed by atoms with Crippen LogP contribution in [0.3, 0.4) is 0 Å². The molecule has 1 heterocycles. The van der Waals surface area contributed by atoms with E-state index in [1.165, 1.54) is 0 Å². The maximum Gasteiger partial charge on any atom is 0.134 e. The molecule has 3 aromatic rings. The van der Waals surface area contributed by atoms with E-state index in [1.54, 1.807) is 0 Å². The van der Waals surface area contributed by atoms with E-state index in [4.69, 9.17) is 15.9 Å². The summed E-state index contributed by atoms with van der Waals surface area (Å²) in [5, 5.41) is 0. The Hall–Kier alpha value is -3.34. The summed E-state index contributed by atoms with van der Waals surface area (Å²) in [4.78, 5) is 8.80. The molecule has 1 aromatic heterocycles. The zero-order chi connectivity index (χ0) is 21.8. The number of nitrogens with two attached hydrogens (primary N) is 2. The molecule has 5 nitrogen and oxygen atoms in total. The van der Waals surface area contributed by atoms with Gasteiger partial charge in [-0.2, -0.15) is 0 Å². The molecular formula is C25H30N4O. The van der Waals surface area contributed by atoms with Crippen LogP contribution in [0, 0.1) is 6.92 Å². The van der Waals surface area contributed by atoms with Crippen molar-refractivity contribution >= 4 is 11.7 Å². The zero-order valence-corrected chi connectivity index (χ0v) is 18.3. The SMILES string of the molecule is Cc1oc(-c2ccc(C(N)=NC(C)C)cc2)cc1-c1ccc(C(N)=NC(C)C)cc1. The summed E-state index contributed by atoms with van der Waals surface area (Å²) in [5.41, 5.74) is 17.1. The summed E-state index contributed by atoms with van der Waals surface area (Å²) in [6.45, 7) is 10.0. The van der Waals surface area contributed by atoms with Crippen molar-refractivity contribution in [3.8, 4) is 22.5 Å². The molecule has 0 bridgehead atoms. The fraction of sp³-hybridized carbons (Fsp3) is 0.280. The Morgan fingerprint density at radius 3 is 1.60 bits per heavy atom. The Balaban J connectivity index is 1.85. The highest BCUT2D eigenvalue weighted by Gasteiger charge is 2.12. The molecule has 0 spiro atoms. The van der Waals surface area contributed by atoms with E-state index in [0.717, 1.165) is 39.3 Å². The van der Waals surface area contributed by atoms with Gasteiger partial charge in [0.1, 0.15) is 23.2 Å². The highest BCUT2D eigenvalue weighted by molar-refractivity contribution is 5.98. The topological polar surface area (TPSA) is 89.9 Å². The fourth-order valence-electron chi connectivity index (χ4n) is 3.24. The van der Waals surface area contributed by atoms with E-state index in [2.05, 4.69) is 16.1 Å². The third kappa shape index (κ3) is 4.98. The van der Waals surface area contributed by atoms with Crippen LogP contribution in [0.4, 0.5) is 0 Å². The van der Waals surface area contributed by atoms with Crippen LogP contribution < -0.4 is 11.5 Å². The van der Waals surface area contributed by atoms with Crippen molar-refractivity contribution in [1.82, 2.24) is 0 Å². The lowest BCUT2D eigenvalue weighted by Gasteiger charge is -2.05. The highest BCUT2D eigenvalue weighted by Crippen LogP contribution is 2.32. The highest BCUT2D eigenvalue weighted by atomic mass is 16.3. The number of benzene rings is 2. The second kappa shape index (κ2) is 8.99. The van der Waals surface area contributed by atoms with Crippen molar-refractivity contribution in [3.63, 3.8) is 0 Å². The van der Waals surface area contributed by atoms with Crippen molar-refractivity contribution in [1.29, 1.82) is 0 Å². The van der Waals surface area contributed by atoms with Crippen LogP contribution in [-0.2, 0) is 0 Å². The predicted octanol–water partition coefficient (Wildman–Crippen LogP) is 5.15. The van der Waals surface area contributed by atoms with E-state index >= 15 is 0 Å². The van der Waals surface area contributed by atoms with Gasteiger partial charge >= 0.3 is 0 Å². The number of rotatable bonds is 6. The van der Waals surface area contributed by atoms with Crippen LogP contribution in [-0.4, -0.2) is 23.8 Å². The second-order valence-corrected chi connectivity index (χ2v) is 7.95. The maximum absolute atomic E-state index is 6.07. The summed E-state index contributed by atoms with van der Waals surface area (Å²) in [6.07, 6.45) is 0. The van der Waals surface area contributed by atoms with Gasteiger partial charge in [0, 0.05) is 34.3 Å². The summed E-state index contributed by atoms with van der Waals surface area (Å²) in [7, 11) is 0. The number of aryl methyl sites for hydroxylation is 1. The van der Waals surface area contributed by atoms with Crippen LogP contribution >= 0.6 is 0 Å². The normalized spacial score (nSPS) is 12.8. The van der Waals surface area contributed by atoms with Gasteiger partial charge < -0.3 is 15.9 Å².